The molecule has 2 fully saturated rings. The van der Waals surface area contributed by atoms with Crippen LogP contribution in [0.4, 0.5) is 5.69 Å². The summed E-state index contributed by atoms with van der Waals surface area (Å²) in [6, 6.07) is 5.32. The number of anilines is 1. The molecule has 0 saturated carbocycles. The molecule has 0 radical (unpaired) electrons. The van der Waals surface area contributed by atoms with Gasteiger partial charge in [-0.05, 0) is 36.6 Å². The molecule has 0 aliphatic carbocycles. The fraction of sp³-hybridized carbons (Fsp3) is 0.550. The third-order valence-corrected chi connectivity index (χ3v) is 5.88. The fourth-order valence-electron chi connectivity index (χ4n) is 4.28. The van der Waals surface area contributed by atoms with Crippen molar-refractivity contribution in [1.29, 1.82) is 0 Å². The summed E-state index contributed by atoms with van der Waals surface area (Å²) in [7, 11) is 0. The molecule has 4 rings (SSSR count). The zero-order valence-electron chi connectivity index (χ0n) is 15.9. The van der Waals surface area contributed by atoms with Gasteiger partial charge in [-0.2, -0.15) is 0 Å². The Kier molecular flexibility index (Phi) is 5.32. The fourth-order valence-corrected chi connectivity index (χ4v) is 4.28. The Labute approximate surface area is 164 Å². The second-order valence-electron chi connectivity index (χ2n) is 7.65. The maximum Gasteiger partial charge on any atom is 0.255 e. The number of carbonyl (C=O) groups excluding carboxylic acids is 3. The molecule has 3 aliphatic heterocycles. The number of benzene rings is 1. The van der Waals surface area contributed by atoms with Crippen LogP contribution in [0, 0.1) is 0 Å². The van der Waals surface area contributed by atoms with Gasteiger partial charge in [-0.3, -0.25) is 24.6 Å². The number of piperidine rings is 1. The highest BCUT2D eigenvalue weighted by atomic mass is 16.3. The van der Waals surface area contributed by atoms with Crippen molar-refractivity contribution >= 4 is 23.4 Å². The molecule has 0 spiro atoms. The zero-order chi connectivity index (χ0) is 19.7. The van der Waals surface area contributed by atoms with Crippen molar-refractivity contribution in [1.82, 2.24) is 15.1 Å². The first-order valence-corrected chi connectivity index (χ1v) is 9.92. The minimum atomic E-state index is -0.573. The third-order valence-electron chi connectivity index (χ3n) is 5.88. The summed E-state index contributed by atoms with van der Waals surface area (Å²) in [6.07, 6.45) is 1.45. The van der Waals surface area contributed by atoms with E-state index in [9.17, 15) is 14.4 Å². The van der Waals surface area contributed by atoms with Gasteiger partial charge in [-0.15, -0.1) is 0 Å². The molecule has 1 aromatic carbocycles. The Bertz CT molecular complexity index is 788. The van der Waals surface area contributed by atoms with E-state index in [-0.39, 0.29) is 30.7 Å². The second kappa shape index (κ2) is 7.89. The van der Waals surface area contributed by atoms with E-state index in [1.54, 1.807) is 4.90 Å². The van der Waals surface area contributed by atoms with Crippen LogP contribution in [-0.2, 0) is 16.1 Å². The van der Waals surface area contributed by atoms with Gasteiger partial charge in [0.1, 0.15) is 6.04 Å². The number of aliphatic hydroxyl groups excluding tert-OH is 1. The van der Waals surface area contributed by atoms with E-state index in [0.29, 0.717) is 18.5 Å². The van der Waals surface area contributed by atoms with Crippen LogP contribution in [0.2, 0.25) is 0 Å². The SMILES string of the molecule is O=C1CCC(N2Cc3cc(N4CCN(CCCO)CC4)ccc3C2=O)C(=O)N1. The van der Waals surface area contributed by atoms with E-state index in [1.807, 2.05) is 12.1 Å². The topological polar surface area (TPSA) is 93.2 Å². The van der Waals surface area contributed by atoms with Crippen molar-refractivity contribution < 1.29 is 19.5 Å². The lowest BCUT2D eigenvalue weighted by Gasteiger charge is -2.36. The highest BCUT2D eigenvalue weighted by molar-refractivity contribution is 6.05. The number of nitrogens with one attached hydrogen (secondary N) is 1. The van der Waals surface area contributed by atoms with Gasteiger partial charge in [0.25, 0.3) is 5.91 Å². The number of piperazine rings is 1. The summed E-state index contributed by atoms with van der Waals surface area (Å²) in [5.41, 5.74) is 2.68. The Balaban J connectivity index is 1.43. The molecule has 3 amide bonds. The van der Waals surface area contributed by atoms with Gasteiger partial charge in [-0.1, -0.05) is 0 Å². The van der Waals surface area contributed by atoms with E-state index in [0.717, 1.165) is 50.4 Å². The summed E-state index contributed by atoms with van der Waals surface area (Å²) in [5.74, 6) is -0.785. The van der Waals surface area contributed by atoms with Gasteiger partial charge in [-0.25, -0.2) is 0 Å². The standard InChI is InChI=1S/C20H26N4O4/c25-11-1-6-22-7-9-23(10-8-22)15-2-3-16-14(12-15)13-24(20(16)28)17-4-5-18(26)21-19(17)27/h2-3,12,17,25H,1,4-11,13H2,(H,21,26,27). The van der Waals surface area contributed by atoms with Crippen molar-refractivity contribution in [3.8, 4) is 0 Å². The highest BCUT2D eigenvalue weighted by Gasteiger charge is 2.39. The van der Waals surface area contributed by atoms with Crippen molar-refractivity contribution in [3.63, 3.8) is 0 Å². The molecule has 8 nitrogen and oxygen atoms in total. The molecule has 1 unspecified atom stereocenters. The summed E-state index contributed by atoms with van der Waals surface area (Å²) in [4.78, 5) is 42.6. The number of fused-ring (bicyclic) bond motifs is 1. The van der Waals surface area contributed by atoms with E-state index in [2.05, 4.69) is 21.2 Å². The normalized spacial score (nSPS) is 23.2. The molecule has 0 aromatic heterocycles. The third kappa shape index (κ3) is 3.62. The van der Waals surface area contributed by atoms with Crippen molar-refractivity contribution in [2.45, 2.75) is 31.8 Å². The Morgan fingerprint density at radius 3 is 2.61 bits per heavy atom. The van der Waals surface area contributed by atoms with Crippen LogP contribution in [0.25, 0.3) is 0 Å². The maximum absolute atomic E-state index is 12.8. The Morgan fingerprint density at radius 2 is 1.89 bits per heavy atom. The Hall–Kier alpha value is -2.45. The van der Waals surface area contributed by atoms with Gasteiger partial charge >= 0.3 is 0 Å². The van der Waals surface area contributed by atoms with Crippen molar-refractivity contribution in [2.75, 3.05) is 44.2 Å². The van der Waals surface area contributed by atoms with E-state index >= 15 is 0 Å². The van der Waals surface area contributed by atoms with Crippen LogP contribution < -0.4 is 10.2 Å². The molecule has 2 N–H and O–H groups in total. The average Bonchev–Trinajstić information content (AvgIpc) is 3.02. The van der Waals surface area contributed by atoms with Crippen LogP contribution in [-0.4, -0.2) is 78.0 Å². The number of hydrogen-bond acceptors (Lipinski definition) is 6. The predicted octanol–water partition coefficient (Wildman–Crippen LogP) is -0.0480. The minimum Gasteiger partial charge on any atom is -0.396 e. The number of amides is 3. The van der Waals surface area contributed by atoms with Gasteiger partial charge in [0, 0.05) is 63.5 Å². The van der Waals surface area contributed by atoms with Crippen LogP contribution in [0.15, 0.2) is 18.2 Å². The van der Waals surface area contributed by atoms with E-state index in [4.69, 9.17) is 5.11 Å². The number of imide groups is 1. The smallest absolute Gasteiger partial charge is 0.255 e. The molecular formula is C20H26N4O4. The summed E-state index contributed by atoms with van der Waals surface area (Å²) in [6.45, 7) is 5.29. The average molecular weight is 386 g/mol. The lowest BCUT2D eigenvalue weighted by Crippen LogP contribution is -2.52. The predicted molar refractivity (Wildman–Crippen MR) is 103 cm³/mol. The summed E-state index contributed by atoms with van der Waals surface area (Å²) < 4.78 is 0. The number of hydrogen-bond donors (Lipinski definition) is 2. The highest BCUT2D eigenvalue weighted by Crippen LogP contribution is 2.30. The molecule has 1 atom stereocenters. The van der Waals surface area contributed by atoms with Crippen LogP contribution in [0.3, 0.4) is 0 Å². The van der Waals surface area contributed by atoms with Crippen LogP contribution in [0.5, 0.6) is 0 Å². The Morgan fingerprint density at radius 1 is 1.11 bits per heavy atom. The van der Waals surface area contributed by atoms with Gasteiger partial charge in [0.2, 0.25) is 11.8 Å². The van der Waals surface area contributed by atoms with Crippen LogP contribution in [0.1, 0.15) is 35.2 Å². The molecule has 28 heavy (non-hydrogen) atoms. The van der Waals surface area contributed by atoms with Gasteiger partial charge in [0.05, 0.1) is 0 Å². The summed E-state index contributed by atoms with van der Waals surface area (Å²) >= 11 is 0. The minimum absolute atomic E-state index is 0.134. The van der Waals surface area contributed by atoms with Gasteiger partial charge < -0.3 is 14.9 Å². The number of rotatable bonds is 5. The number of nitrogens with zero attached hydrogens (tertiary/aromatic N) is 3. The zero-order valence-corrected chi connectivity index (χ0v) is 15.9. The molecule has 1 aromatic rings. The van der Waals surface area contributed by atoms with Crippen LogP contribution >= 0.6 is 0 Å². The van der Waals surface area contributed by atoms with Crippen molar-refractivity contribution in [3.05, 3.63) is 29.3 Å². The molecule has 3 heterocycles. The number of aliphatic hydroxyl groups is 1. The first-order chi connectivity index (χ1) is 13.6. The molecule has 150 valence electrons. The van der Waals surface area contributed by atoms with E-state index in [1.165, 1.54) is 0 Å². The molecular weight excluding hydrogens is 360 g/mol. The lowest BCUT2D eigenvalue weighted by atomic mass is 10.0. The van der Waals surface area contributed by atoms with Crippen molar-refractivity contribution in [2.24, 2.45) is 0 Å². The maximum atomic E-state index is 12.8. The first-order valence-electron chi connectivity index (χ1n) is 9.92. The lowest BCUT2D eigenvalue weighted by molar-refractivity contribution is -0.136. The molecule has 3 aliphatic rings. The molecule has 8 heteroatoms. The first kappa shape index (κ1) is 18.9. The van der Waals surface area contributed by atoms with E-state index < -0.39 is 6.04 Å². The van der Waals surface area contributed by atoms with Gasteiger partial charge in [0.15, 0.2) is 0 Å². The summed E-state index contributed by atoms with van der Waals surface area (Å²) in [5, 5.41) is 11.3. The quantitative estimate of drug-likeness (QED) is 0.690. The number of carbonyl (C=O) groups is 3. The largest absolute Gasteiger partial charge is 0.396 e. The monoisotopic (exact) mass is 386 g/mol. The molecule has 2 saturated heterocycles. The second-order valence-corrected chi connectivity index (χ2v) is 7.65. The molecule has 0 bridgehead atoms.